The van der Waals surface area contributed by atoms with Crippen molar-refractivity contribution < 1.29 is 45.2 Å². The van der Waals surface area contributed by atoms with Crippen molar-refractivity contribution in [2.45, 2.75) is 12.4 Å². The molecule has 0 saturated heterocycles. The molecule has 0 spiro atoms. The van der Waals surface area contributed by atoms with Crippen LogP contribution in [0.3, 0.4) is 0 Å². The topological polar surface area (TPSA) is 84.7 Å². The lowest BCUT2D eigenvalue weighted by molar-refractivity contribution is -0.143. The smallest absolute Gasteiger partial charge is 0.383 e. The molecule has 2 amide bonds. The molecule has 1 aromatic heterocycles. The zero-order valence-electron chi connectivity index (χ0n) is 15.3. The Morgan fingerprint density at radius 1 is 1.10 bits per heavy atom. The van der Waals surface area contributed by atoms with Crippen LogP contribution in [0.4, 0.5) is 32.2 Å². The van der Waals surface area contributed by atoms with E-state index in [1.807, 2.05) is 0 Å². The van der Waals surface area contributed by atoms with Crippen LogP contribution in [-0.4, -0.2) is 48.7 Å². The molecule has 2 rings (SSSR count). The second kappa shape index (κ2) is 9.15. The number of alkyl halides is 6. The van der Waals surface area contributed by atoms with Crippen molar-refractivity contribution in [3.05, 3.63) is 47.2 Å². The fraction of sp³-hybridized carbons (Fsp3) is 0.353. The van der Waals surface area contributed by atoms with E-state index < -0.39 is 47.4 Å². The van der Waals surface area contributed by atoms with E-state index in [1.165, 1.54) is 13.2 Å². The number of amides is 2. The van der Waals surface area contributed by atoms with Gasteiger partial charge < -0.3 is 19.5 Å². The predicted octanol–water partition coefficient (Wildman–Crippen LogP) is 3.44. The van der Waals surface area contributed by atoms with Crippen LogP contribution >= 0.6 is 0 Å². The first-order chi connectivity index (χ1) is 13.9. The van der Waals surface area contributed by atoms with Crippen LogP contribution in [0.2, 0.25) is 0 Å². The monoisotopic (exact) mass is 439 g/mol. The van der Waals surface area contributed by atoms with Gasteiger partial charge in [0.05, 0.1) is 17.7 Å². The number of ether oxygens (including phenoxy) is 1. The Labute approximate surface area is 165 Å². The van der Waals surface area contributed by atoms with E-state index in [1.54, 1.807) is 0 Å². The van der Waals surface area contributed by atoms with Gasteiger partial charge in [-0.15, -0.1) is 0 Å². The highest BCUT2D eigenvalue weighted by atomic mass is 19.4. The summed E-state index contributed by atoms with van der Waals surface area (Å²) in [4.78, 5) is 25.5. The van der Waals surface area contributed by atoms with Crippen LogP contribution in [0.25, 0.3) is 0 Å². The lowest BCUT2D eigenvalue weighted by Gasteiger charge is -2.23. The summed E-state index contributed by atoms with van der Waals surface area (Å²) in [6.07, 6.45) is -9.07. The Morgan fingerprint density at radius 2 is 1.70 bits per heavy atom. The van der Waals surface area contributed by atoms with E-state index in [0.29, 0.717) is 12.1 Å². The fourth-order valence-electron chi connectivity index (χ4n) is 2.35. The maximum absolute atomic E-state index is 13.0. The Hall–Kier alpha value is -3.09. The fourth-order valence-corrected chi connectivity index (χ4v) is 2.35. The van der Waals surface area contributed by atoms with Crippen LogP contribution in [0.15, 0.2) is 35.1 Å². The minimum absolute atomic E-state index is 0.0116. The molecule has 1 aromatic carbocycles. The number of benzene rings is 1. The average molecular weight is 439 g/mol. The van der Waals surface area contributed by atoms with Gasteiger partial charge in [-0.05, 0) is 18.2 Å². The molecule has 0 radical (unpaired) electrons. The highest BCUT2D eigenvalue weighted by Gasteiger charge is 2.38. The molecule has 13 heteroatoms. The molecule has 7 nitrogen and oxygen atoms in total. The Kier molecular flexibility index (Phi) is 7.08. The summed E-state index contributed by atoms with van der Waals surface area (Å²) in [5, 5.41) is 5.69. The van der Waals surface area contributed by atoms with Crippen molar-refractivity contribution in [3.63, 3.8) is 0 Å². The predicted molar refractivity (Wildman–Crippen MR) is 89.4 cm³/mol. The van der Waals surface area contributed by atoms with E-state index in [2.05, 4.69) is 15.0 Å². The number of hydrogen-bond donors (Lipinski definition) is 1. The molecule has 0 bridgehead atoms. The standard InChI is InChI=1S/C17H15F6N3O4/c1-29-5-3-26(9-14(27)24-13-2-4-30-25-13)15(28)10-6-11(16(18,19)20)8-12(7-10)17(21,22)23/h2,4,6-8H,3,5,9H2,1H3,(H,24,25,27). The highest BCUT2D eigenvalue weighted by molar-refractivity contribution is 5.99. The van der Waals surface area contributed by atoms with Crippen LogP contribution in [0, 0.1) is 0 Å². The number of rotatable bonds is 7. The van der Waals surface area contributed by atoms with Gasteiger partial charge in [0.25, 0.3) is 5.91 Å². The summed E-state index contributed by atoms with van der Waals surface area (Å²) in [5.41, 5.74) is -4.15. The van der Waals surface area contributed by atoms with Gasteiger partial charge in [0.2, 0.25) is 5.91 Å². The molecule has 0 unspecified atom stereocenters. The first-order valence-corrected chi connectivity index (χ1v) is 8.19. The Balaban J connectivity index is 2.34. The molecule has 0 saturated carbocycles. The molecule has 2 aromatic rings. The van der Waals surface area contributed by atoms with Gasteiger partial charge in [0.15, 0.2) is 5.82 Å². The van der Waals surface area contributed by atoms with E-state index >= 15 is 0 Å². The quantitative estimate of drug-likeness (QED) is 0.669. The third-order valence-corrected chi connectivity index (χ3v) is 3.73. The van der Waals surface area contributed by atoms with Crippen LogP contribution in [0.5, 0.6) is 0 Å². The third-order valence-electron chi connectivity index (χ3n) is 3.73. The van der Waals surface area contributed by atoms with Crippen LogP contribution in [0.1, 0.15) is 21.5 Å². The van der Waals surface area contributed by atoms with Gasteiger partial charge in [0.1, 0.15) is 12.8 Å². The van der Waals surface area contributed by atoms with Gasteiger partial charge in [-0.25, -0.2) is 0 Å². The highest BCUT2D eigenvalue weighted by Crippen LogP contribution is 2.36. The summed E-state index contributed by atoms with van der Waals surface area (Å²) in [5.74, 6) is -1.99. The molecule has 0 aliphatic heterocycles. The molecule has 0 atom stereocenters. The molecule has 0 aliphatic carbocycles. The van der Waals surface area contributed by atoms with Crippen molar-refractivity contribution >= 4 is 17.6 Å². The Bertz CT molecular complexity index is 848. The summed E-state index contributed by atoms with van der Waals surface area (Å²) in [7, 11) is 1.27. The van der Waals surface area contributed by atoms with Gasteiger partial charge in [-0.2, -0.15) is 26.3 Å². The van der Waals surface area contributed by atoms with Gasteiger partial charge >= 0.3 is 12.4 Å². The van der Waals surface area contributed by atoms with Crippen molar-refractivity contribution in [3.8, 4) is 0 Å². The number of anilines is 1. The van der Waals surface area contributed by atoms with Crippen molar-refractivity contribution in [2.75, 3.05) is 32.1 Å². The van der Waals surface area contributed by atoms with Gasteiger partial charge in [-0.1, -0.05) is 5.16 Å². The number of nitrogens with one attached hydrogen (secondary N) is 1. The SMILES string of the molecule is COCCN(CC(=O)Nc1ccon1)C(=O)c1cc(C(F)(F)F)cc(C(F)(F)F)c1. The van der Waals surface area contributed by atoms with E-state index in [4.69, 9.17) is 4.74 Å². The van der Waals surface area contributed by atoms with E-state index in [-0.39, 0.29) is 25.0 Å². The summed E-state index contributed by atoms with van der Waals surface area (Å²) < 4.78 is 87.5. The van der Waals surface area contributed by atoms with Crippen LogP contribution in [-0.2, 0) is 21.9 Å². The lowest BCUT2D eigenvalue weighted by Crippen LogP contribution is -2.40. The molecular formula is C17H15F6N3O4. The number of halogens is 6. The number of carbonyl (C=O) groups excluding carboxylic acids is 2. The minimum Gasteiger partial charge on any atom is -0.383 e. The van der Waals surface area contributed by atoms with Gasteiger partial charge in [-0.3, -0.25) is 9.59 Å². The first-order valence-electron chi connectivity index (χ1n) is 8.19. The third kappa shape index (κ3) is 6.20. The zero-order valence-corrected chi connectivity index (χ0v) is 15.3. The molecule has 0 aliphatic rings. The summed E-state index contributed by atoms with van der Waals surface area (Å²) in [6, 6.07) is 1.80. The molecule has 1 heterocycles. The zero-order chi connectivity index (χ0) is 22.5. The van der Waals surface area contributed by atoms with Crippen molar-refractivity contribution in [2.24, 2.45) is 0 Å². The normalized spacial score (nSPS) is 12.0. The number of nitrogens with zero attached hydrogens (tertiary/aromatic N) is 2. The molecule has 0 fully saturated rings. The minimum atomic E-state index is -5.11. The summed E-state index contributed by atoms with van der Waals surface area (Å²) >= 11 is 0. The largest absolute Gasteiger partial charge is 0.416 e. The summed E-state index contributed by atoms with van der Waals surface area (Å²) in [6.45, 7) is -1.06. The average Bonchev–Trinajstić information content (AvgIpc) is 3.15. The van der Waals surface area contributed by atoms with Crippen LogP contribution < -0.4 is 5.32 Å². The lowest BCUT2D eigenvalue weighted by atomic mass is 10.0. The number of carbonyl (C=O) groups is 2. The maximum Gasteiger partial charge on any atom is 0.416 e. The Morgan fingerprint density at radius 3 is 2.17 bits per heavy atom. The number of aromatic nitrogens is 1. The second-order valence-corrected chi connectivity index (χ2v) is 5.95. The second-order valence-electron chi connectivity index (χ2n) is 5.95. The number of hydrogen-bond acceptors (Lipinski definition) is 5. The molecule has 164 valence electrons. The van der Waals surface area contributed by atoms with E-state index in [0.717, 1.165) is 11.2 Å². The first kappa shape index (κ1) is 23.2. The van der Waals surface area contributed by atoms with E-state index in [9.17, 15) is 35.9 Å². The van der Waals surface area contributed by atoms with Crippen molar-refractivity contribution in [1.29, 1.82) is 0 Å². The molecule has 1 N–H and O–H groups in total. The molecular weight excluding hydrogens is 424 g/mol. The maximum atomic E-state index is 13.0. The number of methoxy groups -OCH3 is 1. The van der Waals surface area contributed by atoms with Gasteiger partial charge in [0, 0.05) is 25.3 Å². The molecule has 30 heavy (non-hydrogen) atoms. The van der Waals surface area contributed by atoms with Crippen molar-refractivity contribution in [1.82, 2.24) is 10.1 Å².